The molecule has 124 valence electrons. The summed E-state index contributed by atoms with van der Waals surface area (Å²) in [7, 11) is -3.60. The molecule has 24 heavy (non-hydrogen) atoms. The van der Waals surface area contributed by atoms with Gasteiger partial charge in [0.05, 0.1) is 17.6 Å². The van der Waals surface area contributed by atoms with E-state index in [2.05, 4.69) is 16.5 Å². The minimum Gasteiger partial charge on any atom is -0.386 e. The van der Waals surface area contributed by atoms with Crippen molar-refractivity contribution >= 4 is 21.2 Å². The van der Waals surface area contributed by atoms with Gasteiger partial charge in [-0.2, -0.15) is 0 Å². The molecule has 0 radical (unpaired) electrons. The van der Waals surface area contributed by atoms with Gasteiger partial charge in [0.2, 0.25) is 10.0 Å². The average Bonchev–Trinajstić information content (AvgIpc) is 2.99. The summed E-state index contributed by atoms with van der Waals surface area (Å²) in [5.41, 5.74) is 1.76. The van der Waals surface area contributed by atoms with Crippen LogP contribution in [0.15, 0.2) is 61.4 Å². The van der Waals surface area contributed by atoms with Crippen molar-refractivity contribution in [2.45, 2.75) is 18.3 Å². The molecule has 6 nitrogen and oxygen atoms in total. The largest absolute Gasteiger partial charge is 0.386 e. The van der Waals surface area contributed by atoms with E-state index >= 15 is 0 Å². The lowest BCUT2D eigenvalue weighted by Gasteiger charge is -2.09. The molecule has 0 bridgehead atoms. The maximum Gasteiger partial charge on any atom is 0.244 e. The molecule has 1 unspecified atom stereocenters. The van der Waals surface area contributed by atoms with Gasteiger partial charge >= 0.3 is 0 Å². The number of aromatic nitrogens is 3. The minimum absolute atomic E-state index is 0.125. The Hall–Kier alpha value is -2.51. The van der Waals surface area contributed by atoms with Gasteiger partial charge in [-0.15, -0.1) is 6.58 Å². The monoisotopic (exact) mass is 343 g/mol. The van der Waals surface area contributed by atoms with Crippen molar-refractivity contribution in [3.05, 3.63) is 72.7 Å². The van der Waals surface area contributed by atoms with Gasteiger partial charge in [0.1, 0.15) is 11.6 Å². The van der Waals surface area contributed by atoms with Gasteiger partial charge in [-0.25, -0.2) is 22.4 Å². The molecule has 1 aromatic carbocycles. The Kier molecular flexibility index (Phi) is 4.46. The number of hydrogen-bond donors (Lipinski definition) is 1. The molecule has 0 spiro atoms. The SMILES string of the molecule is C=CCC(O)c1cnc2c(ccn2S(=O)(=O)Cc2ccccc2)n1. The summed E-state index contributed by atoms with van der Waals surface area (Å²) >= 11 is 0. The van der Waals surface area contributed by atoms with Gasteiger partial charge in [-0.05, 0) is 18.1 Å². The Morgan fingerprint density at radius 2 is 2.00 bits per heavy atom. The number of aliphatic hydroxyl groups is 1. The number of aliphatic hydroxyl groups excluding tert-OH is 1. The molecule has 2 heterocycles. The van der Waals surface area contributed by atoms with Gasteiger partial charge in [0, 0.05) is 6.20 Å². The van der Waals surface area contributed by atoms with E-state index in [1.165, 1.54) is 12.4 Å². The molecule has 0 aliphatic heterocycles. The molecule has 3 rings (SSSR count). The summed E-state index contributed by atoms with van der Waals surface area (Å²) in [5.74, 6) is -0.125. The van der Waals surface area contributed by atoms with Crippen LogP contribution in [0, 0.1) is 0 Å². The van der Waals surface area contributed by atoms with Crippen LogP contribution in [0.2, 0.25) is 0 Å². The smallest absolute Gasteiger partial charge is 0.244 e. The lowest BCUT2D eigenvalue weighted by Crippen LogP contribution is -2.15. The number of fused-ring (bicyclic) bond motifs is 1. The molecule has 0 aliphatic rings. The van der Waals surface area contributed by atoms with E-state index in [1.807, 2.05) is 6.07 Å². The summed E-state index contributed by atoms with van der Waals surface area (Å²) in [5, 5.41) is 9.94. The Bertz CT molecular complexity index is 965. The Labute approximate surface area is 140 Å². The zero-order chi connectivity index (χ0) is 17.2. The van der Waals surface area contributed by atoms with E-state index in [9.17, 15) is 13.5 Å². The van der Waals surface area contributed by atoms with Crippen LogP contribution < -0.4 is 0 Å². The highest BCUT2D eigenvalue weighted by atomic mass is 32.2. The third kappa shape index (κ3) is 3.22. The molecule has 3 aromatic rings. The van der Waals surface area contributed by atoms with E-state index in [1.54, 1.807) is 36.4 Å². The first-order valence-corrected chi connectivity index (χ1v) is 9.02. The lowest BCUT2D eigenvalue weighted by atomic mass is 10.2. The van der Waals surface area contributed by atoms with Crippen LogP contribution in [0.3, 0.4) is 0 Å². The van der Waals surface area contributed by atoms with Gasteiger partial charge in [-0.1, -0.05) is 36.4 Å². The second-order valence-corrected chi connectivity index (χ2v) is 7.24. The number of benzene rings is 1. The Morgan fingerprint density at radius 1 is 1.25 bits per heavy atom. The predicted octanol–water partition coefficient (Wildman–Crippen LogP) is 2.42. The van der Waals surface area contributed by atoms with Crippen LogP contribution in [0.25, 0.3) is 11.2 Å². The number of nitrogens with zero attached hydrogens (tertiary/aromatic N) is 3. The van der Waals surface area contributed by atoms with Gasteiger partial charge in [0.15, 0.2) is 5.65 Å². The van der Waals surface area contributed by atoms with Crippen molar-refractivity contribution in [2.24, 2.45) is 0 Å². The summed E-state index contributed by atoms with van der Waals surface area (Å²) < 4.78 is 26.4. The molecule has 2 aromatic heterocycles. The molecule has 0 aliphatic carbocycles. The summed E-state index contributed by atoms with van der Waals surface area (Å²) in [6.07, 6.45) is 3.97. The lowest BCUT2D eigenvalue weighted by molar-refractivity contribution is 0.177. The van der Waals surface area contributed by atoms with Crippen molar-refractivity contribution in [2.75, 3.05) is 0 Å². The Balaban J connectivity index is 1.97. The molecule has 0 fully saturated rings. The third-order valence-corrected chi connectivity index (χ3v) is 5.19. The summed E-state index contributed by atoms with van der Waals surface area (Å²) in [6, 6.07) is 10.5. The van der Waals surface area contributed by atoms with Crippen molar-refractivity contribution in [3.63, 3.8) is 0 Å². The molecule has 0 saturated heterocycles. The first-order chi connectivity index (χ1) is 11.5. The molecule has 0 amide bonds. The summed E-state index contributed by atoms with van der Waals surface area (Å²) in [6.45, 7) is 3.57. The second-order valence-electron chi connectivity index (χ2n) is 5.40. The number of hydrogen-bond acceptors (Lipinski definition) is 5. The Morgan fingerprint density at radius 3 is 2.71 bits per heavy atom. The van der Waals surface area contributed by atoms with E-state index in [0.717, 1.165) is 3.97 Å². The van der Waals surface area contributed by atoms with Gasteiger partial charge < -0.3 is 5.11 Å². The van der Waals surface area contributed by atoms with Crippen LogP contribution in [0.1, 0.15) is 23.8 Å². The highest BCUT2D eigenvalue weighted by Gasteiger charge is 2.19. The van der Waals surface area contributed by atoms with E-state index in [-0.39, 0.29) is 11.4 Å². The molecule has 1 atom stereocenters. The molecule has 7 heteroatoms. The predicted molar refractivity (Wildman–Crippen MR) is 91.8 cm³/mol. The fourth-order valence-corrected chi connectivity index (χ4v) is 3.82. The number of rotatable bonds is 6. The van der Waals surface area contributed by atoms with Crippen molar-refractivity contribution in [1.29, 1.82) is 0 Å². The quantitative estimate of drug-likeness (QED) is 0.695. The molecule has 1 N–H and O–H groups in total. The summed E-state index contributed by atoms with van der Waals surface area (Å²) in [4.78, 5) is 8.47. The molecular formula is C17H17N3O3S. The maximum atomic E-state index is 12.6. The fourth-order valence-electron chi connectivity index (χ4n) is 2.42. The van der Waals surface area contributed by atoms with E-state index < -0.39 is 16.1 Å². The highest BCUT2D eigenvalue weighted by molar-refractivity contribution is 7.89. The highest BCUT2D eigenvalue weighted by Crippen LogP contribution is 2.20. The first kappa shape index (κ1) is 16.4. The van der Waals surface area contributed by atoms with Crippen molar-refractivity contribution in [1.82, 2.24) is 13.9 Å². The van der Waals surface area contributed by atoms with Crippen molar-refractivity contribution < 1.29 is 13.5 Å². The normalized spacial score (nSPS) is 13.0. The van der Waals surface area contributed by atoms with E-state index in [0.29, 0.717) is 23.2 Å². The van der Waals surface area contributed by atoms with Crippen molar-refractivity contribution in [3.8, 4) is 0 Å². The van der Waals surface area contributed by atoms with E-state index in [4.69, 9.17) is 0 Å². The van der Waals surface area contributed by atoms with Crippen LogP contribution >= 0.6 is 0 Å². The minimum atomic E-state index is -3.60. The fraction of sp³-hybridized carbons (Fsp3) is 0.176. The van der Waals surface area contributed by atoms with Gasteiger partial charge in [0.25, 0.3) is 0 Å². The standard InChI is InChI=1S/C17H17N3O3S/c1-2-6-16(21)15-11-18-17-14(19-15)9-10-20(17)24(22,23)12-13-7-4-3-5-8-13/h2-5,7-11,16,21H,1,6,12H2. The van der Waals surface area contributed by atoms with Crippen LogP contribution in [0.5, 0.6) is 0 Å². The first-order valence-electron chi connectivity index (χ1n) is 7.41. The molecule has 0 saturated carbocycles. The topological polar surface area (TPSA) is 85.1 Å². The van der Waals surface area contributed by atoms with Gasteiger partial charge in [-0.3, -0.25) is 0 Å². The zero-order valence-electron chi connectivity index (χ0n) is 12.9. The maximum absolute atomic E-state index is 12.6. The second kappa shape index (κ2) is 6.54. The zero-order valence-corrected chi connectivity index (χ0v) is 13.7. The van der Waals surface area contributed by atoms with Crippen LogP contribution in [-0.4, -0.2) is 27.5 Å². The third-order valence-electron chi connectivity index (χ3n) is 3.60. The average molecular weight is 343 g/mol. The molecular weight excluding hydrogens is 326 g/mol. The van der Waals surface area contributed by atoms with Crippen LogP contribution in [-0.2, 0) is 15.8 Å². The van der Waals surface area contributed by atoms with Crippen LogP contribution in [0.4, 0.5) is 0 Å².